The van der Waals surface area contributed by atoms with E-state index in [-0.39, 0.29) is 11.9 Å². The van der Waals surface area contributed by atoms with Gasteiger partial charge in [-0.3, -0.25) is 4.79 Å². The molecule has 0 unspecified atom stereocenters. The number of benzene rings is 1. The van der Waals surface area contributed by atoms with Crippen molar-refractivity contribution in [2.24, 2.45) is 0 Å². The topological polar surface area (TPSA) is 35.5 Å². The van der Waals surface area contributed by atoms with Crippen LogP contribution in [-0.4, -0.2) is 19.7 Å². The second-order valence-corrected chi connectivity index (χ2v) is 5.48. The predicted octanol–water partition coefficient (Wildman–Crippen LogP) is 4.29. The molecular formula is C15H21BrO3. The minimum Gasteiger partial charge on any atom is -0.493 e. The Morgan fingerprint density at radius 2 is 2.16 bits per heavy atom. The van der Waals surface area contributed by atoms with Crippen molar-refractivity contribution in [1.29, 1.82) is 0 Å². The van der Waals surface area contributed by atoms with Gasteiger partial charge in [0.15, 0.2) is 0 Å². The van der Waals surface area contributed by atoms with E-state index in [2.05, 4.69) is 22.9 Å². The summed E-state index contributed by atoms with van der Waals surface area (Å²) in [7, 11) is 1.41. The molecule has 0 spiro atoms. The summed E-state index contributed by atoms with van der Waals surface area (Å²) in [5.74, 6) is 0.724. The fraction of sp³-hybridized carbons (Fsp3) is 0.533. The molecule has 0 saturated carbocycles. The number of ether oxygens (including phenoxy) is 2. The van der Waals surface area contributed by atoms with E-state index in [9.17, 15) is 4.79 Å². The molecule has 3 nitrogen and oxygen atoms in total. The number of hydrogen-bond donors (Lipinski definition) is 0. The van der Waals surface area contributed by atoms with Gasteiger partial charge in [-0.05, 0) is 36.1 Å². The molecule has 0 N–H and O–H groups in total. The molecule has 1 atom stereocenters. The minimum atomic E-state index is -0.202. The number of esters is 1. The predicted molar refractivity (Wildman–Crippen MR) is 79.6 cm³/mol. The first-order chi connectivity index (χ1) is 9.08. The second kappa shape index (κ2) is 8.20. The number of unbranched alkanes of at least 4 members (excludes halogenated alkanes) is 1. The van der Waals surface area contributed by atoms with Gasteiger partial charge in [0.1, 0.15) is 5.75 Å². The average Bonchev–Trinajstić information content (AvgIpc) is 2.40. The highest BCUT2D eigenvalue weighted by molar-refractivity contribution is 9.10. The van der Waals surface area contributed by atoms with Crippen LogP contribution in [0.5, 0.6) is 5.75 Å². The van der Waals surface area contributed by atoms with E-state index in [0.717, 1.165) is 28.6 Å². The third-order valence-electron chi connectivity index (χ3n) is 2.96. The molecule has 0 aliphatic rings. The Bertz CT molecular complexity index is 418. The van der Waals surface area contributed by atoms with Crippen LogP contribution in [0.2, 0.25) is 0 Å². The van der Waals surface area contributed by atoms with Crippen molar-refractivity contribution < 1.29 is 14.3 Å². The van der Waals surface area contributed by atoms with E-state index in [1.54, 1.807) is 0 Å². The van der Waals surface area contributed by atoms with E-state index in [1.807, 2.05) is 25.1 Å². The average molecular weight is 329 g/mol. The van der Waals surface area contributed by atoms with E-state index in [0.29, 0.717) is 13.0 Å². The first-order valence-electron chi connectivity index (χ1n) is 6.57. The number of rotatable bonds is 7. The van der Waals surface area contributed by atoms with Gasteiger partial charge in [0, 0.05) is 4.47 Å². The van der Waals surface area contributed by atoms with Crippen LogP contribution in [0.15, 0.2) is 22.7 Å². The lowest BCUT2D eigenvalue weighted by molar-refractivity contribution is -0.140. The molecule has 1 aromatic carbocycles. The molecule has 0 saturated heterocycles. The molecule has 0 aliphatic heterocycles. The number of methoxy groups -OCH3 is 1. The van der Waals surface area contributed by atoms with Crippen LogP contribution in [0.1, 0.15) is 44.6 Å². The zero-order valence-corrected chi connectivity index (χ0v) is 13.3. The second-order valence-electron chi connectivity index (χ2n) is 4.57. The SMILES string of the molecule is CCCCOc1ccc(Br)cc1[C@H](C)CC(=O)OC. The molecule has 0 bridgehead atoms. The van der Waals surface area contributed by atoms with Crippen LogP contribution in [0.3, 0.4) is 0 Å². The fourth-order valence-electron chi connectivity index (χ4n) is 1.81. The molecule has 4 heteroatoms. The smallest absolute Gasteiger partial charge is 0.306 e. The number of halogens is 1. The minimum absolute atomic E-state index is 0.0709. The van der Waals surface area contributed by atoms with Crippen LogP contribution in [0.4, 0.5) is 0 Å². The van der Waals surface area contributed by atoms with Gasteiger partial charge >= 0.3 is 5.97 Å². The molecule has 1 aromatic rings. The largest absolute Gasteiger partial charge is 0.493 e. The Labute approximate surface area is 123 Å². The lowest BCUT2D eigenvalue weighted by Gasteiger charge is -2.16. The molecule has 0 heterocycles. The molecule has 0 fully saturated rings. The molecule has 19 heavy (non-hydrogen) atoms. The zero-order chi connectivity index (χ0) is 14.3. The summed E-state index contributed by atoms with van der Waals surface area (Å²) >= 11 is 3.46. The van der Waals surface area contributed by atoms with Crippen molar-refractivity contribution in [3.05, 3.63) is 28.2 Å². The van der Waals surface area contributed by atoms with Gasteiger partial charge in [-0.2, -0.15) is 0 Å². The molecule has 0 aliphatic carbocycles. The van der Waals surface area contributed by atoms with Gasteiger partial charge in [0.25, 0.3) is 0 Å². The Kier molecular flexibility index (Phi) is 6.92. The lowest BCUT2D eigenvalue weighted by atomic mass is 9.97. The Morgan fingerprint density at radius 1 is 1.42 bits per heavy atom. The van der Waals surface area contributed by atoms with Crippen LogP contribution < -0.4 is 4.74 Å². The molecular weight excluding hydrogens is 308 g/mol. The first kappa shape index (κ1) is 16.0. The van der Waals surface area contributed by atoms with E-state index in [1.165, 1.54) is 7.11 Å². The standard InChI is InChI=1S/C15H21BrO3/c1-4-5-8-19-14-7-6-12(16)10-13(14)11(2)9-15(17)18-3/h6-7,10-11H,4-5,8-9H2,1-3H3/t11-/m1/s1. The third kappa shape index (κ3) is 5.23. The Balaban J connectivity index is 2.83. The summed E-state index contributed by atoms with van der Waals surface area (Å²) in [6, 6.07) is 5.91. The van der Waals surface area contributed by atoms with Crippen LogP contribution in [0, 0.1) is 0 Å². The fourth-order valence-corrected chi connectivity index (χ4v) is 2.18. The van der Waals surface area contributed by atoms with E-state index in [4.69, 9.17) is 9.47 Å². The highest BCUT2D eigenvalue weighted by Crippen LogP contribution is 2.32. The first-order valence-corrected chi connectivity index (χ1v) is 7.36. The number of hydrogen-bond acceptors (Lipinski definition) is 3. The van der Waals surface area contributed by atoms with Crippen molar-refractivity contribution in [2.75, 3.05) is 13.7 Å². The summed E-state index contributed by atoms with van der Waals surface area (Å²) in [5, 5.41) is 0. The molecule has 1 rings (SSSR count). The highest BCUT2D eigenvalue weighted by atomic mass is 79.9. The summed E-state index contributed by atoms with van der Waals surface area (Å²) < 4.78 is 11.5. The summed E-state index contributed by atoms with van der Waals surface area (Å²) in [6.07, 6.45) is 2.49. The molecule has 0 amide bonds. The van der Waals surface area contributed by atoms with Crippen molar-refractivity contribution in [2.45, 2.75) is 39.0 Å². The number of carbonyl (C=O) groups is 1. The maximum Gasteiger partial charge on any atom is 0.306 e. The van der Waals surface area contributed by atoms with Crippen LogP contribution in [-0.2, 0) is 9.53 Å². The maximum absolute atomic E-state index is 11.4. The summed E-state index contributed by atoms with van der Waals surface area (Å²) in [5.41, 5.74) is 1.04. The van der Waals surface area contributed by atoms with Gasteiger partial charge in [-0.25, -0.2) is 0 Å². The Hall–Kier alpha value is -1.03. The molecule has 0 radical (unpaired) electrons. The highest BCUT2D eigenvalue weighted by Gasteiger charge is 2.16. The summed E-state index contributed by atoms with van der Waals surface area (Å²) in [6.45, 7) is 4.84. The third-order valence-corrected chi connectivity index (χ3v) is 3.45. The van der Waals surface area contributed by atoms with Gasteiger partial charge in [0.2, 0.25) is 0 Å². The van der Waals surface area contributed by atoms with Gasteiger partial charge in [-0.15, -0.1) is 0 Å². The van der Waals surface area contributed by atoms with Gasteiger partial charge in [0.05, 0.1) is 20.1 Å². The van der Waals surface area contributed by atoms with Crippen molar-refractivity contribution in [3.63, 3.8) is 0 Å². The molecule has 106 valence electrons. The van der Waals surface area contributed by atoms with Crippen LogP contribution in [0.25, 0.3) is 0 Å². The van der Waals surface area contributed by atoms with E-state index < -0.39 is 0 Å². The summed E-state index contributed by atoms with van der Waals surface area (Å²) in [4.78, 5) is 11.4. The quantitative estimate of drug-likeness (QED) is 0.553. The van der Waals surface area contributed by atoms with Gasteiger partial charge in [-0.1, -0.05) is 36.2 Å². The Morgan fingerprint density at radius 3 is 2.79 bits per heavy atom. The lowest BCUT2D eigenvalue weighted by Crippen LogP contribution is -2.08. The maximum atomic E-state index is 11.4. The number of carbonyl (C=O) groups excluding carboxylic acids is 1. The molecule has 0 aromatic heterocycles. The van der Waals surface area contributed by atoms with Crippen molar-refractivity contribution in [1.82, 2.24) is 0 Å². The van der Waals surface area contributed by atoms with Crippen LogP contribution >= 0.6 is 15.9 Å². The van der Waals surface area contributed by atoms with Crippen molar-refractivity contribution in [3.8, 4) is 5.75 Å². The zero-order valence-electron chi connectivity index (χ0n) is 11.7. The van der Waals surface area contributed by atoms with Gasteiger partial charge < -0.3 is 9.47 Å². The van der Waals surface area contributed by atoms with E-state index >= 15 is 0 Å². The van der Waals surface area contributed by atoms with Crippen molar-refractivity contribution >= 4 is 21.9 Å². The normalized spacial score (nSPS) is 12.0. The monoisotopic (exact) mass is 328 g/mol.